The van der Waals surface area contributed by atoms with Crippen LogP contribution in [0.5, 0.6) is 0 Å². The summed E-state index contributed by atoms with van der Waals surface area (Å²) in [6.45, 7) is 1.50. The van der Waals surface area contributed by atoms with E-state index in [0.717, 1.165) is 0 Å². The Kier molecular flexibility index (Phi) is 3.74. The van der Waals surface area contributed by atoms with Gasteiger partial charge in [0.05, 0.1) is 24.2 Å². The van der Waals surface area contributed by atoms with Gasteiger partial charge in [0.1, 0.15) is 5.76 Å². The highest BCUT2D eigenvalue weighted by molar-refractivity contribution is 7.89. The minimum Gasteiger partial charge on any atom is -0.445 e. The molecule has 0 amide bonds. The van der Waals surface area contributed by atoms with Crippen LogP contribution < -0.4 is 4.72 Å². The molecule has 0 atom stereocenters. The highest BCUT2D eigenvalue weighted by Gasteiger charge is 2.18. The van der Waals surface area contributed by atoms with Crippen LogP contribution >= 0.6 is 0 Å². The minimum atomic E-state index is -3.64. The topological polar surface area (TPSA) is 97.4 Å². The van der Waals surface area contributed by atoms with E-state index in [1.165, 1.54) is 18.5 Å². The van der Waals surface area contributed by atoms with Crippen molar-refractivity contribution < 1.29 is 17.9 Å². The highest BCUT2D eigenvalue weighted by atomic mass is 32.2. The van der Waals surface area contributed by atoms with Gasteiger partial charge in [-0.05, 0) is 13.0 Å². The van der Waals surface area contributed by atoms with Crippen molar-refractivity contribution in [2.24, 2.45) is 7.05 Å². The van der Waals surface area contributed by atoms with Crippen LogP contribution in [0, 0.1) is 6.92 Å². The van der Waals surface area contributed by atoms with Crippen molar-refractivity contribution in [3.8, 4) is 0 Å². The lowest BCUT2D eigenvalue weighted by Gasteiger charge is -2.01. The fraction of sp³-hybridized carbons (Fsp3) is 0.364. The average Bonchev–Trinajstić information content (AvgIpc) is 2.93. The third-order valence-corrected chi connectivity index (χ3v) is 4.01. The first-order chi connectivity index (χ1) is 8.92. The normalized spacial score (nSPS) is 11.9. The third kappa shape index (κ3) is 3.03. The molecule has 19 heavy (non-hydrogen) atoms. The van der Waals surface area contributed by atoms with Crippen LogP contribution in [-0.2, 0) is 30.2 Å². The number of hydrogen-bond donors (Lipinski definition) is 2. The Morgan fingerprint density at radius 1 is 1.53 bits per heavy atom. The van der Waals surface area contributed by atoms with Crippen LogP contribution in [0.2, 0.25) is 0 Å². The van der Waals surface area contributed by atoms with Crippen LogP contribution in [0.4, 0.5) is 0 Å². The molecule has 8 heteroatoms. The summed E-state index contributed by atoms with van der Waals surface area (Å²) in [4.78, 5) is 4.01. The molecule has 0 unspecified atom stereocenters. The molecule has 0 aromatic carbocycles. The number of aromatic nitrogens is 2. The molecule has 104 valence electrons. The maximum absolute atomic E-state index is 12.0. The molecule has 0 saturated carbocycles. The van der Waals surface area contributed by atoms with Crippen molar-refractivity contribution in [3.63, 3.8) is 0 Å². The van der Waals surface area contributed by atoms with Crippen LogP contribution in [0.1, 0.15) is 17.3 Å². The van der Waals surface area contributed by atoms with Gasteiger partial charge in [0, 0.05) is 18.9 Å². The van der Waals surface area contributed by atoms with Gasteiger partial charge in [0.15, 0.2) is 0 Å². The monoisotopic (exact) mass is 285 g/mol. The molecule has 0 aliphatic carbocycles. The molecule has 0 spiro atoms. The predicted octanol–water partition coefficient (Wildman–Crippen LogP) is 0.292. The van der Waals surface area contributed by atoms with Gasteiger partial charge in [0.25, 0.3) is 0 Å². The molecule has 0 aliphatic rings. The first kappa shape index (κ1) is 13.8. The summed E-state index contributed by atoms with van der Waals surface area (Å²) in [5.74, 6) is 0.927. The van der Waals surface area contributed by atoms with E-state index in [9.17, 15) is 8.42 Å². The number of aliphatic hydroxyl groups is 1. The number of nitrogens with zero attached hydrogens (tertiary/aromatic N) is 2. The Hall–Kier alpha value is -1.64. The fourth-order valence-electron chi connectivity index (χ4n) is 1.60. The molecular weight excluding hydrogens is 270 g/mol. The molecule has 2 rings (SSSR count). The maximum Gasteiger partial charge on any atom is 0.242 e. The first-order valence-corrected chi connectivity index (χ1v) is 7.08. The zero-order valence-electron chi connectivity index (χ0n) is 10.6. The summed E-state index contributed by atoms with van der Waals surface area (Å²) in [6.07, 6.45) is 2.96. The summed E-state index contributed by atoms with van der Waals surface area (Å²) in [5.41, 5.74) is 0.521. The second-order valence-electron chi connectivity index (χ2n) is 4.13. The Morgan fingerprint density at radius 2 is 2.26 bits per heavy atom. The van der Waals surface area contributed by atoms with Crippen molar-refractivity contribution in [3.05, 3.63) is 35.8 Å². The SMILES string of the molecule is Cc1cnc(CNS(=O)(=O)c2cc(CO)n(C)c2)o1. The number of aryl methyl sites for hydroxylation is 2. The van der Waals surface area contributed by atoms with Crippen molar-refractivity contribution in [1.29, 1.82) is 0 Å². The second kappa shape index (κ2) is 5.16. The lowest BCUT2D eigenvalue weighted by molar-refractivity contribution is 0.272. The van der Waals surface area contributed by atoms with Gasteiger partial charge < -0.3 is 14.1 Å². The zero-order chi connectivity index (χ0) is 14.0. The molecule has 0 fully saturated rings. The number of nitrogens with one attached hydrogen (secondary N) is 1. The molecule has 2 aromatic rings. The number of hydrogen-bond acceptors (Lipinski definition) is 5. The van der Waals surface area contributed by atoms with Crippen molar-refractivity contribution >= 4 is 10.0 Å². The van der Waals surface area contributed by atoms with E-state index in [-0.39, 0.29) is 18.0 Å². The van der Waals surface area contributed by atoms with Crippen molar-refractivity contribution in [2.75, 3.05) is 0 Å². The van der Waals surface area contributed by atoms with Gasteiger partial charge >= 0.3 is 0 Å². The second-order valence-corrected chi connectivity index (χ2v) is 5.89. The standard InChI is InChI=1S/C11H15N3O4S/c1-8-4-12-11(18-8)5-13-19(16,17)10-3-9(7-15)14(2)6-10/h3-4,6,13,15H,5,7H2,1-2H3. The minimum absolute atomic E-state index is 0.0144. The van der Waals surface area contributed by atoms with E-state index in [2.05, 4.69) is 9.71 Å². The van der Waals surface area contributed by atoms with E-state index in [4.69, 9.17) is 9.52 Å². The van der Waals surface area contributed by atoms with Crippen molar-refractivity contribution in [1.82, 2.24) is 14.3 Å². The largest absolute Gasteiger partial charge is 0.445 e. The van der Waals surface area contributed by atoms with Crippen LogP contribution in [-0.4, -0.2) is 23.1 Å². The van der Waals surface area contributed by atoms with E-state index < -0.39 is 10.0 Å². The zero-order valence-corrected chi connectivity index (χ0v) is 11.4. The average molecular weight is 285 g/mol. The summed E-state index contributed by atoms with van der Waals surface area (Å²) < 4.78 is 33.2. The Labute approximate surface area is 110 Å². The number of aliphatic hydroxyl groups excluding tert-OH is 1. The maximum atomic E-state index is 12.0. The van der Waals surface area contributed by atoms with E-state index in [1.54, 1.807) is 18.5 Å². The summed E-state index contributed by atoms with van der Waals surface area (Å²) in [6, 6.07) is 1.42. The molecule has 0 aliphatic heterocycles. The molecular formula is C11H15N3O4S. The van der Waals surface area contributed by atoms with Crippen molar-refractivity contribution in [2.45, 2.75) is 25.0 Å². The molecule has 7 nitrogen and oxygen atoms in total. The third-order valence-electron chi connectivity index (χ3n) is 2.64. The van der Waals surface area contributed by atoms with Crippen LogP contribution in [0.25, 0.3) is 0 Å². The van der Waals surface area contributed by atoms with Gasteiger partial charge in [-0.2, -0.15) is 0 Å². The first-order valence-electron chi connectivity index (χ1n) is 5.59. The lowest BCUT2D eigenvalue weighted by atomic mass is 10.5. The van der Waals surface area contributed by atoms with E-state index in [0.29, 0.717) is 17.3 Å². The number of sulfonamides is 1. The van der Waals surface area contributed by atoms with Gasteiger partial charge in [-0.25, -0.2) is 18.1 Å². The Bertz CT molecular complexity index is 672. The Morgan fingerprint density at radius 3 is 2.79 bits per heavy atom. The number of rotatable bonds is 5. The van der Waals surface area contributed by atoms with Crippen LogP contribution in [0.3, 0.4) is 0 Å². The van der Waals surface area contributed by atoms with Crippen LogP contribution in [0.15, 0.2) is 27.8 Å². The Balaban J connectivity index is 2.13. The smallest absolute Gasteiger partial charge is 0.242 e. The van der Waals surface area contributed by atoms with Gasteiger partial charge in [-0.15, -0.1) is 0 Å². The fourth-order valence-corrected chi connectivity index (χ4v) is 2.67. The molecule has 0 radical (unpaired) electrons. The number of oxazole rings is 1. The van der Waals surface area contributed by atoms with E-state index in [1.807, 2.05) is 0 Å². The lowest BCUT2D eigenvalue weighted by Crippen LogP contribution is -2.23. The highest BCUT2D eigenvalue weighted by Crippen LogP contribution is 2.14. The summed E-state index contributed by atoms with van der Waals surface area (Å²) in [5, 5.41) is 9.05. The summed E-state index contributed by atoms with van der Waals surface area (Å²) >= 11 is 0. The molecule has 2 N–H and O–H groups in total. The van der Waals surface area contributed by atoms with Gasteiger partial charge in [0.2, 0.25) is 15.9 Å². The van der Waals surface area contributed by atoms with E-state index >= 15 is 0 Å². The van der Waals surface area contributed by atoms with Gasteiger partial charge in [-0.1, -0.05) is 0 Å². The van der Waals surface area contributed by atoms with Gasteiger partial charge in [-0.3, -0.25) is 0 Å². The molecule has 2 heterocycles. The quantitative estimate of drug-likeness (QED) is 0.823. The molecule has 0 bridgehead atoms. The molecule has 0 saturated heterocycles. The molecule has 2 aromatic heterocycles. The summed E-state index contributed by atoms with van der Waals surface area (Å²) in [7, 11) is -1.97. The predicted molar refractivity (Wildman–Crippen MR) is 66.6 cm³/mol.